The molecule has 3 heterocycles. The Morgan fingerprint density at radius 2 is 1.74 bits per heavy atom. The van der Waals surface area contributed by atoms with Gasteiger partial charge in [0.25, 0.3) is 5.91 Å². The first-order valence-corrected chi connectivity index (χ1v) is 8.04. The van der Waals surface area contributed by atoms with E-state index in [1.54, 1.807) is 12.4 Å². The summed E-state index contributed by atoms with van der Waals surface area (Å²) in [7, 11) is 0. The largest absolute Gasteiger partial charge is 0.347 e. The molecule has 2 fully saturated rings. The van der Waals surface area contributed by atoms with E-state index in [0.29, 0.717) is 24.7 Å². The Balaban J connectivity index is 1.61. The Bertz CT molecular complexity index is 552. The number of amides is 1. The number of ether oxygens (including phenoxy) is 2. The summed E-state index contributed by atoms with van der Waals surface area (Å²) in [6, 6.07) is 0. The SMILES string of the molecule is CC(C)(C)NC(=O)c1cnc(N2CCC3(CC2)OCCO3)nc1. The van der Waals surface area contributed by atoms with Crippen molar-refractivity contribution in [2.45, 2.75) is 44.9 Å². The normalized spacial score (nSPS) is 20.7. The minimum absolute atomic E-state index is 0.158. The molecule has 0 saturated carbocycles. The lowest BCUT2D eigenvalue weighted by Crippen LogP contribution is -2.45. The van der Waals surface area contributed by atoms with Crippen LogP contribution in [0.2, 0.25) is 0 Å². The fraction of sp³-hybridized carbons (Fsp3) is 0.688. The van der Waals surface area contributed by atoms with Crippen molar-refractivity contribution in [1.82, 2.24) is 15.3 Å². The van der Waals surface area contributed by atoms with Crippen LogP contribution < -0.4 is 10.2 Å². The van der Waals surface area contributed by atoms with Gasteiger partial charge in [0.05, 0.1) is 18.8 Å². The van der Waals surface area contributed by atoms with Crippen LogP contribution in [0, 0.1) is 0 Å². The van der Waals surface area contributed by atoms with Crippen molar-refractivity contribution in [2.24, 2.45) is 0 Å². The molecule has 2 aliphatic heterocycles. The highest BCUT2D eigenvalue weighted by atomic mass is 16.7. The third kappa shape index (κ3) is 3.79. The summed E-state index contributed by atoms with van der Waals surface area (Å²) in [6.45, 7) is 8.74. The quantitative estimate of drug-likeness (QED) is 0.886. The fourth-order valence-electron chi connectivity index (χ4n) is 2.85. The maximum absolute atomic E-state index is 12.1. The van der Waals surface area contributed by atoms with Crippen molar-refractivity contribution in [3.05, 3.63) is 18.0 Å². The molecule has 0 unspecified atom stereocenters. The number of anilines is 1. The summed E-state index contributed by atoms with van der Waals surface area (Å²) in [5.74, 6) is 0.0859. The van der Waals surface area contributed by atoms with Crippen molar-refractivity contribution >= 4 is 11.9 Å². The van der Waals surface area contributed by atoms with Crippen molar-refractivity contribution in [1.29, 1.82) is 0 Å². The molecule has 3 rings (SSSR count). The van der Waals surface area contributed by atoms with Gasteiger partial charge in [-0.3, -0.25) is 4.79 Å². The molecule has 126 valence electrons. The van der Waals surface area contributed by atoms with Crippen LogP contribution in [-0.2, 0) is 9.47 Å². The molecule has 23 heavy (non-hydrogen) atoms. The van der Waals surface area contributed by atoms with Crippen molar-refractivity contribution in [2.75, 3.05) is 31.2 Å². The summed E-state index contributed by atoms with van der Waals surface area (Å²) < 4.78 is 11.4. The Morgan fingerprint density at radius 1 is 1.17 bits per heavy atom. The van der Waals surface area contributed by atoms with Gasteiger partial charge >= 0.3 is 0 Å². The molecule has 1 aromatic heterocycles. The Labute approximate surface area is 136 Å². The summed E-state index contributed by atoms with van der Waals surface area (Å²) in [5, 5.41) is 2.90. The standard InChI is InChI=1S/C16H24N4O3/c1-15(2,3)19-13(21)12-10-17-14(18-11-12)20-6-4-16(5-7-20)22-8-9-23-16/h10-11H,4-9H2,1-3H3,(H,19,21). The van der Waals surface area contributed by atoms with Gasteiger partial charge in [0.2, 0.25) is 5.95 Å². The molecular formula is C16H24N4O3. The van der Waals surface area contributed by atoms with E-state index in [1.807, 2.05) is 20.8 Å². The van der Waals surface area contributed by atoms with Gasteiger partial charge < -0.3 is 19.7 Å². The highest BCUT2D eigenvalue weighted by molar-refractivity contribution is 5.94. The second kappa shape index (κ2) is 6.05. The zero-order chi connectivity index (χ0) is 16.5. The topological polar surface area (TPSA) is 76.6 Å². The zero-order valence-corrected chi connectivity index (χ0v) is 14.0. The number of carbonyl (C=O) groups is 1. The van der Waals surface area contributed by atoms with Crippen LogP contribution in [0.5, 0.6) is 0 Å². The summed E-state index contributed by atoms with van der Waals surface area (Å²) in [5.41, 5.74) is 0.192. The average Bonchev–Trinajstić information content (AvgIpc) is 2.95. The number of rotatable bonds is 2. The van der Waals surface area contributed by atoms with Gasteiger partial charge in [-0.15, -0.1) is 0 Å². The minimum atomic E-state index is -0.400. The lowest BCUT2D eigenvalue weighted by molar-refractivity contribution is -0.169. The minimum Gasteiger partial charge on any atom is -0.347 e. The second-order valence-electron chi connectivity index (χ2n) is 7.07. The van der Waals surface area contributed by atoms with Crippen molar-refractivity contribution < 1.29 is 14.3 Å². The molecule has 0 aromatic carbocycles. The van der Waals surface area contributed by atoms with E-state index >= 15 is 0 Å². The van der Waals surface area contributed by atoms with Crippen LogP contribution in [0.15, 0.2) is 12.4 Å². The number of nitrogens with one attached hydrogen (secondary N) is 1. The number of hydrogen-bond donors (Lipinski definition) is 1. The van der Waals surface area contributed by atoms with E-state index in [2.05, 4.69) is 20.2 Å². The van der Waals surface area contributed by atoms with Crippen LogP contribution in [0.4, 0.5) is 5.95 Å². The van der Waals surface area contributed by atoms with Crippen LogP contribution in [0.3, 0.4) is 0 Å². The predicted octanol–water partition coefficient (Wildman–Crippen LogP) is 1.35. The molecule has 0 aliphatic carbocycles. The Morgan fingerprint density at radius 3 is 2.26 bits per heavy atom. The van der Waals surface area contributed by atoms with E-state index in [0.717, 1.165) is 25.9 Å². The van der Waals surface area contributed by atoms with E-state index in [9.17, 15) is 4.79 Å². The first-order valence-electron chi connectivity index (χ1n) is 8.04. The van der Waals surface area contributed by atoms with Crippen LogP contribution >= 0.6 is 0 Å². The van der Waals surface area contributed by atoms with Gasteiger partial charge in [0, 0.05) is 43.9 Å². The molecule has 0 atom stereocenters. The first kappa shape index (κ1) is 16.1. The van der Waals surface area contributed by atoms with E-state index in [-0.39, 0.29) is 11.4 Å². The molecular weight excluding hydrogens is 296 g/mol. The van der Waals surface area contributed by atoms with E-state index < -0.39 is 5.79 Å². The maximum Gasteiger partial charge on any atom is 0.254 e. The molecule has 1 amide bonds. The summed E-state index contributed by atoms with van der Waals surface area (Å²) >= 11 is 0. The number of piperidine rings is 1. The van der Waals surface area contributed by atoms with Crippen LogP contribution in [0.1, 0.15) is 44.0 Å². The lowest BCUT2D eigenvalue weighted by Gasteiger charge is -2.37. The third-order valence-electron chi connectivity index (χ3n) is 4.01. The molecule has 1 N–H and O–H groups in total. The van der Waals surface area contributed by atoms with Crippen LogP contribution in [-0.4, -0.2) is 53.5 Å². The second-order valence-corrected chi connectivity index (χ2v) is 7.07. The monoisotopic (exact) mass is 320 g/mol. The number of nitrogens with zero attached hydrogens (tertiary/aromatic N) is 3. The highest BCUT2D eigenvalue weighted by Gasteiger charge is 2.40. The third-order valence-corrected chi connectivity index (χ3v) is 4.01. The van der Waals surface area contributed by atoms with Gasteiger partial charge in [-0.25, -0.2) is 9.97 Å². The highest BCUT2D eigenvalue weighted by Crippen LogP contribution is 2.32. The predicted molar refractivity (Wildman–Crippen MR) is 85.3 cm³/mol. The maximum atomic E-state index is 12.1. The number of aromatic nitrogens is 2. The molecule has 1 aromatic rings. The van der Waals surface area contributed by atoms with Gasteiger partial charge in [-0.05, 0) is 20.8 Å². The zero-order valence-electron chi connectivity index (χ0n) is 14.0. The molecule has 2 saturated heterocycles. The van der Waals surface area contributed by atoms with E-state index in [4.69, 9.17) is 9.47 Å². The van der Waals surface area contributed by atoms with Gasteiger partial charge in [-0.2, -0.15) is 0 Å². The molecule has 7 heteroatoms. The molecule has 0 radical (unpaired) electrons. The summed E-state index contributed by atoms with van der Waals surface area (Å²) in [6.07, 6.45) is 4.78. The first-order chi connectivity index (χ1) is 10.9. The summed E-state index contributed by atoms with van der Waals surface area (Å²) in [4.78, 5) is 22.9. The van der Waals surface area contributed by atoms with E-state index in [1.165, 1.54) is 0 Å². The van der Waals surface area contributed by atoms with Gasteiger partial charge in [0.1, 0.15) is 0 Å². The number of hydrogen-bond acceptors (Lipinski definition) is 6. The smallest absolute Gasteiger partial charge is 0.254 e. The Kier molecular flexibility index (Phi) is 4.25. The van der Waals surface area contributed by atoms with Crippen molar-refractivity contribution in [3.8, 4) is 0 Å². The number of carbonyl (C=O) groups excluding carboxylic acids is 1. The molecule has 0 bridgehead atoms. The molecule has 7 nitrogen and oxygen atoms in total. The fourth-order valence-corrected chi connectivity index (χ4v) is 2.85. The van der Waals surface area contributed by atoms with Crippen molar-refractivity contribution in [3.63, 3.8) is 0 Å². The Hall–Kier alpha value is -1.73. The van der Waals surface area contributed by atoms with Gasteiger partial charge in [-0.1, -0.05) is 0 Å². The average molecular weight is 320 g/mol. The molecule has 1 spiro atoms. The van der Waals surface area contributed by atoms with Gasteiger partial charge in [0.15, 0.2) is 5.79 Å². The lowest BCUT2D eigenvalue weighted by atomic mass is 10.0. The van der Waals surface area contributed by atoms with Crippen LogP contribution in [0.25, 0.3) is 0 Å². The molecule has 2 aliphatic rings.